The van der Waals surface area contributed by atoms with Gasteiger partial charge in [-0.15, -0.1) is 0 Å². The van der Waals surface area contributed by atoms with Crippen molar-refractivity contribution in [3.8, 4) is 0 Å². The molecule has 29 heavy (non-hydrogen) atoms. The average molecular weight is 387 g/mol. The third-order valence-corrected chi connectivity index (χ3v) is 5.71. The van der Waals surface area contributed by atoms with E-state index in [0.717, 1.165) is 37.2 Å². The second kappa shape index (κ2) is 9.71. The van der Waals surface area contributed by atoms with Crippen LogP contribution in [0.2, 0.25) is 0 Å². The molecule has 3 aromatic rings. The normalized spacial score (nSPS) is 15.2. The van der Waals surface area contributed by atoms with Crippen LogP contribution in [-0.2, 0) is 4.74 Å². The number of nitrogens with one attached hydrogen (secondary N) is 1. The molecule has 1 fully saturated rings. The van der Waals surface area contributed by atoms with Gasteiger partial charge in [-0.3, -0.25) is 0 Å². The fraction of sp³-hybridized carbons (Fsp3) is 0.346. The van der Waals surface area contributed by atoms with Crippen LogP contribution in [0.25, 0.3) is 22.9 Å². The number of pyridine rings is 1. The van der Waals surface area contributed by atoms with Crippen LogP contribution in [-0.4, -0.2) is 24.7 Å². The van der Waals surface area contributed by atoms with Crippen LogP contribution in [0.5, 0.6) is 0 Å². The summed E-state index contributed by atoms with van der Waals surface area (Å²) < 4.78 is 5.47. The molecule has 0 amide bonds. The van der Waals surface area contributed by atoms with Gasteiger partial charge in [0.15, 0.2) is 0 Å². The summed E-state index contributed by atoms with van der Waals surface area (Å²) in [6.45, 7) is 4.93. The van der Waals surface area contributed by atoms with Gasteiger partial charge in [0.05, 0.1) is 5.69 Å². The maximum atomic E-state index is 5.47. The number of rotatable bonds is 7. The van der Waals surface area contributed by atoms with Crippen LogP contribution in [0.4, 0.5) is 5.82 Å². The summed E-state index contributed by atoms with van der Waals surface area (Å²) >= 11 is 0. The average Bonchev–Trinajstić information content (AvgIpc) is 2.77. The Morgan fingerprint density at radius 2 is 1.83 bits per heavy atom. The number of aromatic nitrogens is 1. The Labute approximate surface area is 173 Å². The monoisotopic (exact) mass is 386 g/mol. The molecule has 1 aliphatic rings. The highest BCUT2D eigenvalue weighted by atomic mass is 16.5. The highest BCUT2D eigenvalue weighted by Gasteiger charge is 2.13. The maximum absolute atomic E-state index is 5.47. The summed E-state index contributed by atoms with van der Waals surface area (Å²) in [7, 11) is 0. The van der Waals surface area contributed by atoms with Crippen molar-refractivity contribution in [2.24, 2.45) is 5.92 Å². The second-order valence-corrected chi connectivity index (χ2v) is 7.99. The first-order chi connectivity index (χ1) is 14.3. The number of hydrogen-bond donors (Lipinski definition) is 1. The minimum absolute atomic E-state index is 0.819. The zero-order valence-electron chi connectivity index (χ0n) is 17.2. The quantitative estimate of drug-likeness (QED) is 0.482. The van der Waals surface area contributed by atoms with Gasteiger partial charge in [-0.05, 0) is 61.6 Å². The lowest BCUT2D eigenvalue weighted by atomic mass is 9.95. The standard InChI is InChI=1S/C26H30N2O/c1-20-8-10-22(11-9-20)12-13-24-19-23-6-2-3-7-25(23)26(28-24)27-16-4-5-21-14-17-29-18-15-21/h2-3,6-13,19,21H,4-5,14-18H2,1H3,(H,27,28)/b13-12+. The molecule has 3 nitrogen and oxygen atoms in total. The Bertz CT molecular complexity index is 956. The zero-order chi connectivity index (χ0) is 19.9. The van der Waals surface area contributed by atoms with E-state index in [1.54, 1.807) is 0 Å². The minimum atomic E-state index is 0.819. The van der Waals surface area contributed by atoms with Gasteiger partial charge >= 0.3 is 0 Å². The summed E-state index contributed by atoms with van der Waals surface area (Å²) in [5, 5.41) is 6.00. The van der Waals surface area contributed by atoms with Crippen LogP contribution < -0.4 is 5.32 Å². The molecule has 0 atom stereocenters. The maximum Gasteiger partial charge on any atom is 0.134 e. The Kier molecular flexibility index (Phi) is 6.58. The van der Waals surface area contributed by atoms with Gasteiger partial charge in [-0.25, -0.2) is 4.98 Å². The van der Waals surface area contributed by atoms with Crippen molar-refractivity contribution in [1.82, 2.24) is 4.98 Å². The molecular formula is C26H30N2O. The Morgan fingerprint density at radius 3 is 2.66 bits per heavy atom. The lowest BCUT2D eigenvalue weighted by Crippen LogP contribution is -2.16. The summed E-state index contributed by atoms with van der Waals surface area (Å²) in [6.07, 6.45) is 9.09. The highest BCUT2D eigenvalue weighted by molar-refractivity contribution is 5.93. The van der Waals surface area contributed by atoms with Gasteiger partial charge in [0, 0.05) is 25.1 Å². The molecule has 0 bridgehead atoms. The van der Waals surface area contributed by atoms with Crippen molar-refractivity contribution in [3.05, 3.63) is 71.4 Å². The lowest BCUT2D eigenvalue weighted by molar-refractivity contribution is 0.0636. The highest BCUT2D eigenvalue weighted by Crippen LogP contribution is 2.24. The Morgan fingerprint density at radius 1 is 1.03 bits per heavy atom. The molecule has 0 aliphatic carbocycles. The van der Waals surface area contributed by atoms with E-state index in [4.69, 9.17) is 9.72 Å². The number of aryl methyl sites for hydroxylation is 1. The van der Waals surface area contributed by atoms with Crippen molar-refractivity contribution in [2.75, 3.05) is 25.1 Å². The summed E-state index contributed by atoms with van der Waals surface area (Å²) in [5.74, 6) is 1.80. The number of ether oxygens (including phenoxy) is 1. The lowest BCUT2D eigenvalue weighted by Gasteiger charge is -2.21. The van der Waals surface area contributed by atoms with E-state index in [2.05, 4.69) is 79.0 Å². The van der Waals surface area contributed by atoms with Crippen molar-refractivity contribution in [1.29, 1.82) is 0 Å². The third-order valence-electron chi connectivity index (χ3n) is 5.71. The first kappa shape index (κ1) is 19.7. The topological polar surface area (TPSA) is 34.1 Å². The van der Waals surface area contributed by atoms with Crippen LogP contribution in [0.15, 0.2) is 54.6 Å². The number of nitrogens with zero attached hydrogens (tertiary/aromatic N) is 1. The summed E-state index contributed by atoms with van der Waals surface area (Å²) in [5.41, 5.74) is 3.45. The third kappa shape index (κ3) is 5.45. The molecule has 3 heteroatoms. The predicted octanol–water partition coefficient (Wildman–Crippen LogP) is 6.33. The zero-order valence-corrected chi connectivity index (χ0v) is 17.2. The molecule has 2 aromatic carbocycles. The fourth-order valence-electron chi connectivity index (χ4n) is 3.93. The number of hydrogen-bond acceptors (Lipinski definition) is 3. The van der Waals surface area contributed by atoms with Gasteiger partial charge < -0.3 is 10.1 Å². The van der Waals surface area contributed by atoms with Crippen LogP contribution >= 0.6 is 0 Å². The molecule has 0 spiro atoms. The van der Waals surface area contributed by atoms with Crippen LogP contribution in [0.3, 0.4) is 0 Å². The molecule has 0 radical (unpaired) electrons. The van der Waals surface area contributed by atoms with Gasteiger partial charge in [0.25, 0.3) is 0 Å². The van der Waals surface area contributed by atoms with Gasteiger partial charge in [-0.1, -0.05) is 60.2 Å². The SMILES string of the molecule is Cc1ccc(/C=C/c2cc3ccccc3c(NCCCC3CCOCC3)n2)cc1. The van der Waals surface area contributed by atoms with Gasteiger partial charge in [0.1, 0.15) is 5.82 Å². The van der Waals surface area contributed by atoms with Gasteiger partial charge in [0.2, 0.25) is 0 Å². The number of fused-ring (bicyclic) bond motifs is 1. The van der Waals surface area contributed by atoms with E-state index in [1.165, 1.54) is 47.6 Å². The first-order valence-corrected chi connectivity index (χ1v) is 10.7. The largest absolute Gasteiger partial charge is 0.381 e. The van der Waals surface area contributed by atoms with Crippen LogP contribution in [0.1, 0.15) is 42.5 Å². The summed E-state index contributed by atoms with van der Waals surface area (Å²) in [4.78, 5) is 4.90. The van der Waals surface area contributed by atoms with E-state index >= 15 is 0 Å². The molecule has 0 saturated carbocycles. The van der Waals surface area contributed by atoms with E-state index < -0.39 is 0 Å². The smallest absolute Gasteiger partial charge is 0.134 e. The van der Waals surface area contributed by atoms with E-state index in [-0.39, 0.29) is 0 Å². The molecule has 1 N–H and O–H groups in total. The number of anilines is 1. The van der Waals surface area contributed by atoms with Crippen molar-refractivity contribution in [3.63, 3.8) is 0 Å². The predicted molar refractivity (Wildman–Crippen MR) is 123 cm³/mol. The molecule has 0 unspecified atom stereocenters. The van der Waals surface area contributed by atoms with E-state index in [1.807, 2.05) is 0 Å². The molecule has 4 rings (SSSR count). The number of benzene rings is 2. The van der Waals surface area contributed by atoms with Crippen molar-refractivity contribution in [2.45, 2.75) is 32.6 Å². The van der Waals surface area contributed by atoms with Crippen molar-refractivity contribution >= 4 is 28.7 Å². The Balaban J connectivity index is 1.46. The van der Waals surface area contributed by atoms with Crippen molar-refractivity contribution < 1.29 is 4.74 Å². The molecule has 150 valence electrons. The minimum Gasteiger partial charge on any atom is -0.381 e. The molecule has 1 aliphatic heterocycles. The van der Waals surface area contributed by atoms with Crippen LogP contribution in [0, 0.1) is 12.8 Å². The van der Waals surface area contributed by atoms with Gasteiger partial charge in [-0.2, -0.15) is 0 Å². The first-order valence-electron chi connectivity index (χ1n) is 10.7. The molecule has 1 saturated heterocycles. The fourth-order valence-corrected chi connectivity index (χ4v) is 3.93. The second-order valence-electron chi connectivity index (χ2n) is 7.99. The van der Waals surface area contributed by atoms with E-state index in [0.29, 0.717) is 0 Å². The molecular weight excluding hydrogens is 356 g/mol. The van der Waals surface area contributed by atoms with E-state index in [9.17, 15) is 0 Å². The Hall–Kier alpha value is -2.65. The molecule has 1 aromatic heterocycles. The molecule has 2 heterocycles. The summed E-state index contributed by atoms with van der Waals surface area (Å²) in [6, 6.07) is 19.2.